The van der Waals surface area contributed by atoms with Crippen molar-refractivity contribution < 1.29 is 0 Å². The molecule has 0 N–H and O–H groups in total. The summed E-state index contributed by atoms with van der Waals surface area (Å²) in [6, 6.07) is 0. The maximum absolute atomic E-state index is 4.05. The van der Waals surface area contributed by atoms with Gasteiger partial charge in [-0.1, -0.05) is 0 Å². The summed E-state index contributed by atoms with van der Waals surface area (Å²) in [4.78, 5) is 4.05. The number of rotatable bonds is 2. The van der Waals surface area contributed by atoms with Gasteiger partial charge in [0, 0.05) is 54.9 Å². The Balaban J connectivity index is 1.83. The highest BCUT2D eigenvalue weighted by Crippen LogP contribution is 2.20. The van der Waals surface area contributed by atoms with Gasteiger partial charge in [0.25, 0.3) is 0 Å². The average molecular weight is 291 g/mol. The Hall–Kier alpha value is -0.100. The van der Waals surface area contributed by atoms with Crippen LogP contribution in [0, 0.1) is 5.92 Å². The average Bonchev–Trinajstić information content (AvgIpc) is 2.62. The summed E-state index contributed by atoms with van der Waals surface area (Å²) in [7, 11) is 0. The molecule has 0 bridgehead atoms. The molecule has 1 aromatic heterocycles. The molecule has 1 aromatic rings. The predicted octanol–water partition coefficient (Wildman–Crippen LogP) is 1.95. The van der Waals surface area contributed by atoms with Crippen LogP contribution in [0.4, 0.5) is 0 Å². The van der Waals surface area contributed by atoms with Crippen LogP contribution >= 0.6 is 22.9 Å². The normalized spacial score (nSPS) is 20.7. The minimum absolute atomic E-state index is 0.847. The zero-order chi connectivity index (χ0) is 9.10. The third-order valence-electron chi connectivity index (χ3n) is 2.59. The number of nitrogens with zero attached hydrogens (tertiary/aromatic N) is 3. The van der Waals surface area contributed by atoms with Crippen LogP contribution in [0.5, 0.6) is 0 Å². The van der Waals surface area contributed by atoms with Crippen molar-refractivity contribution in [3.8, 4) is 0 Å². The summed E-state index contributed by atoms with van der Waals surface area (Å²) in [6.45, 7) is 3.62. The van der Waals surface area contributed by atoms with Crippen molar-refractivity contribution in [1.29, 1.82) is 0 Å². The van der Waals surface area contributed by atoms with Gasteiger partial charge in [-0.2, -0.15) is 0 Å². The van der Waals surface area contributed by atoms with Crippen molar-refractivity contribution in [3.63, 3.8) is 0 Å². The van der Waals surface area contributed by atoms with Gasteiger partial charge in [-0.25, -0.2) is 8.10 Å². The minimum atomic E-state index is 0.847. The third kappa shape index (κ3) is 2.67. The first kappa shape index (κ1) is 9.45. The zero-order valence-electron chi connectivity index (χ0n) is 7.56. The predicted molar refractivity (Wildman–Crippen MR) is 60.5 cm³/mol. The molecule has 0 aliphatic carbocycles. The van der Waals surface area contributed by atoms with E-state index in [1.54, 1.807) is 0 Å². The van der Waals surface area contributed by atoms with Crippen LogP contribution in [0.2, 0.25) is 0 Å². The van der Waals surface area contributed by atoms with Gasteiger partial charge in [0.05, 0.1) is 6.33 Å². The van der Waals surface area contributed by atoms with E-state index in [2.05, 4.69) is 41.7 Å². The Bertz CT molecular complexity index is 239. The second-order valence-electron chi connectivity index (χ2n) is 3.61. The van der Waals surface area contributed by atoms with E-state index < -0.39 is 0 Å². The van der Waals surface area contributed by atoms with Crippen LogP contribution in [0.1, 0.15) is 12.8 Å². The van der Waals surface area contributed by atoms with Gasteiger partial charge < -0.3 is 4.57 Å². The van der Waals surface area contributed by atoms with E-state index in [-0.39, 0.29) is 0 Å². The lowest BCUT2D eigenvalue weighted by Crippen LogP contribution is -2.27. The fraction of sp³-hybridized carbons (Fsp3) is 0.667. The van der Waals surface area contributed by atoms with E-state index in [1.165, 1.54) is 25.9 Å². The molecule has 1 aliphatic rings. The monoisotopic (exact) mass is 291 g/mol. The Morgan fingerprint density at radius 1 is 1.38 bits per heavy atom. The molecule has 0 spiro atoms. The molecule has 0 radical (unpaired) electrons. The summed E-state index contributed by atoms with van der Waals surface area (Å²) in [5, 5.41) is 0. The quantitative estimate of drug-likeness (QED) is 0.613. The first-order valence-electron chi connectivity index (χ1n) is 4.71. The van der Waals surface area contributed by atoms with Crippen molar-refractivity contribution >= 4 is 22.9 Å². The maximum Gasteiger partial charge on any atom is 0.0945 e. The number of piperidine rings is 1. The largest absolute Gasteiger partial charge is 0.337 e. The summed E-state index contributed by atoms with van der Waals surface area (Å²) >= 11 is 2.41. The van der Waals surface area contributed by atoms with Crippen LogP contribution in [0.25, 0.3) is 0 Å². The number of hydrogen-bond acceptors (Lipinski definition) is 2. The van der Waals surface area contributed by atoms with Gasteiger partial charge in [-0.05, 0) is 18.8 Å². The summed E-state index contributed by atoms with van der Waals surface area (Å²) in [5.74, 6) is 0.847. The molecule has 2 heterocycles. The molecule has 3 nitrogen and oxygen atoms in total. The number of hydrogen-bond donors (Lipinski definition) is 0. The lowest BCUT2D eigenvalue weighted by Gasteiger charge is -2.27. The highest BCUT2D eigenvalue weighted by Gasteiger charge is 2.17. The van der Waals surface area contributed by atoms with Gasteiger partial charge in [0.2, 0.25) is 0 Å². The van der Waals surface area contributed by atoms with Crippen molar-refractivity contribution in [1.82, 2.24) is 12.7 Å². The van der Waals surface area contributed by atoms with Crippen molar-refractivity contribution in [2.24, 2.45) is 5.92 Å². The van der Waals surface area contributed by atoms with E-state index in [0.717, 1.165) is 12.5 Å². The first-order chi connectivity index (χ1) is 6.34. The molecule has 0 saturated carbocycles. The maximum atomic E-state index is 4.05. The Morgan fingerprint density at radius 3 is 2.77 bits per heavy atom. The van der Waals surface area contributed by atoms with E-state index in [1.807, 2.05) is 12.5 Å². The van der Waals surface area contributed by atoms with Crippen LogP contribution in [-0.4, -0.2) is 25.8 Å². The van der Waals surface area contributed by atoms with Crippen LogP contribution in [0.3, 0.4) is 0 Å². The lowest BCUT2D eigenvalue weighted by molar-refractivity contribution is 0.281. The van der Waals surface area contributed by atoms with Crippen molar-refractivity contribution in [2.45, 2.75) is 19.4 Å². The van der Waals surface area contributed by atoms with Crippen LogP contribution in [-0.2, 0) is 6.54 Å². The van der Waals surface area contributed by atoms with E-state index in [0.29, 0.717) is 0 Å². The zero-order valence-corrected chi connectivity index (χ0v) is 9.72. The second-order valence-corrected chi connectivity index (χ2v) is 4.98. The molecule has 13 heavy (non-hydrogen) atoms. The van der Waals surface area contributed by atoms with Crippen LogP contribution in [0.15, 0.2) is 18.7 Å². The Labute approximate surface area is 92.6 Å². The van der Waals surface area contributed by atoms with Crippen molar-refractivity contribution in [3.05, 3.63) is 18.7 Å². The molecule has 0 amide bonds. The molecular formula is C9H14IN3. The first-order valence-corrected chi connectivity index (χ1v) is 5.67. The van der Waals surface area contributed by atoms with Crippen molar-refractivity contribution in [2.75, 3.05) is 13.1 Å². The fourth-order valence-electron chi connectivity index (χ4n) is 1.78. The smallest absolute Gasteiger partial charge is 0.0945 e. The molecule has 4 heteroatoms. The standard InChI is InChI=1S/C9H14IN3/c10-13-4-1-9(2-5-13)7-12-6-3-11-8-12/h3,6,8-9H,1-2,4-5,7H2. The number of halogens is 1. The van der Waals surface area contributed by atoms with Gasteiger partial charge in [-0.15, -0.1) is 0 Å². The molecule has 0 atom stereocenters. The second kappa shape index (κ2) is 4.41. The molecule has 0 unspecified atom stereocenters. The highest BCUT2D eigenvalue weighted by molar-refractivity contribution is 14.1. The van der Waals surface area contributed by atoms with Gasteiger partial charge in [-0.3, -0.25) is 0 Å². The van der Waals surface area contributed by atoms with E-state index in [9.17, 15) is 0 Å². The van der Waals surface area contributed by atoms with Gasteiger partial charge >= 0.3 is 0 Å². The molecule has 1 fully saturated rings. The molecule has 0 aromatic carbocycles. The van der Waals surface area contributed by atoms with Crippen LogP contribution < -0.4 is 0 Å². The molecular weight excluding hydrogens is 277 g/mol. The van der Waals surface area contributed by atoms with Gasteiger partial charge in [0.15, 0.2) is 0 Å². The van der Waals surface area contributed by atoms with Gasteiger partial charge in [0.1, 0.15) is 0 Å². The molecule has 1 aliphatic heterocycles. The summed E-state index contributed by atoms with van der Waals surface area (Å²) in [5.41, 5.74) is 0. The topological polar surface area (TPSA) is 21.1 Å². The Kier molecular flexibility index (Phi) is 3.21. The SMILES string of the molecule is IN1CCC(Cn2ccnc2)CC1. The molecule has 2 rings (SSSR count). The highest BCUT2D eigenvalue weighted by atomic mass is 127. The molecule has 1 saturated heterocycles. The lowest BCUT2D eigenvalue weighted by atomic mass is 9.98. The summed E-state index contributed by atoms with van der Waals surface area (Å²) < 4.78 is 4.57. The number of imidazole rings is 1. The van der Waals surface area contributed by atoms with E-state index >= 15 is 0 Å². The fourth-order valence-corrected chi connectivity index (χ4v) is 2.33. The molecule has 72 valence electrons. The Morgan fingerprint density at radius 2 is 2.15 bits per heavy atom. The number of aromatic nitrogens is 2. The minimum Gasteiger partial charge on any atom is -0.337 e. The van der Waals surface area contributed by atoms with E-state index in [4.69, 9.17) is 0 Å². The third-order valence-corrected chi connectivity index (χ3v) is 3.55. The summed E-state index contributed by atoms with van der Waals surface area (Å²) in [6.07, 6.45) is 8.46.